The Morgan fingerprint density at radius 1 is 1.18 bits per heavy atom. The average molecular weight is 665 g/mol. The van der Waals surface area contributed by atoms with Crippen molar-refractivity contribution in [3.05, 3.63) is 46.1 Å². The van der Waals surface area contributed by atoms with E-state index in [0.29, 0.717) is 62.2 Å². The molecule has 3 aromatic rings. The van der Waals surface area contributed by atoms with E-state index in [1.165, 1.54) is 15.6 Å². The Labute approximate surface area is 265 Å². The molecule has 238 valence electrons. The summed E-state index contributed by atoms with van der Waals surface area (Å²) in [6.07, 6.45) is 0.621. The lowest BCUT2D eigenvalue weighted by Gasteiger charge is -2.40. The van der Waals surface area contributed by atoms with E-state index >= 15 is 0 Å². The smallest absolute Gasteiger partial charge is 0.310 e. The second-order valence-electron chi connectivity index (χ2n) is 11.8. The van der Waals surface area contributed by atoms with E-state index in [1.807, 2.05) is 32.0 Å². The first kappa shape index (κ1) is 31.4. The SMILES string of the molecule is CC1Cc2nc(C(=O)N3CCN(S(=O)(=O)c4sc5cc(Cl)ccc5c4CN(C)C)CC3CC(=O)N3CCOCC3)oc2CN1. The van der Waals surface area contributed by atoms with Gasteiger partial charge in [-0.2, -0.15) is 4.31 Å². The standard InChI is InChI=1S/C29H37ClN6O6S2/c1-18-12-23-24(15-31-18)42-27(32-23)28(38)36-7-6-35(16-20(36)14-26(37)34-8-10-41-11-9-34)44(39,40)29-22(17-33(2)3)21-5-4-19(30)13-25(21)43-29/h4-5,13,18,20,31H,6-12,14-17H2,1-3H3. The second kappa shape index (κ2) is 12.7. The molecular formula is C29H37ClN6O6S2. The number of aromatic nitrogens is 1. The van der Waals surface area contributed by atoms with Gasteiger partial charge in [0, 0.05) is 73.4 Å². The molecule has 0 saturated carbocycles. The average Bonchev–Trinajstić information content (AvgIpc) is 3.58. The van der Waals surface area contributed by atoms with Crippen molar-refractivity contribution in [1.82, 2.24) is 29.3 Å². The van der Waals surface area contributed by atoms with Crippen LogP contribution in [0, 0.1) is 0 Å². The first-order valence-corrected chi connectivity index (χ1v) is 17.4. The van der Waals surface area contributed by atoms with Crippen LogP contribution in [0.25, 0.3) is 10.1 Å². The lowest BCUT2D eigenvalue weighted by atomic mass is 10.1. The fourth-order valence-corrected chi connectivity index (χ4v) is 9.69. The number of benzene rings is 1. The van der Waals surface area contributed by atoms with E-state index in [1.54, 1.807) is 21.9 Å². The van der Waals surface area contributed by atoms with E-state index in [-0.39, 0.29) is 48.1 Å². The molecule has 0 spiro atoms. The lowest BCUT2D eigenvalue weighted by molar-refractivity contribution is -0.136. The van der Waals surface area contributed by atoms with Crippen molar-refractivity contribution >= 4 is 54.9 Å². The Morgan fingerprint density at radius 2 is 1.95 bits per heavy atom. The molecule has 15 heteroatoms. The Kier molecular flexibility index (Phi) is 9.03. The normalized spacial score (nSPS) is 21.7. The molecule has 3 aliphatic rings. The van der Waals surface area contributed by atoms with Crippen molar-refractivity contribution in [2.45, 2.75) is 49.1 Å². The number of oxazole rings is 1. The van der Waals surface area contributed by atoms with Gasteiger partial charge in [-0.25, -0.2) is 13.4 Å². The monoisotopic (exact) mass is 664 g/mol. The van der Waals surface area contributed by atoms with Crippen LogP contribution >= 0.6 is 22.9 Å². The van der Waals surface area contributed by atoms with Crippen LogP contribution in [0.2, 0.25) is 5.02 Å². The largest absolute Gasteiger partial charge is 0.436 e. The minimum Gasteiger partial charge on any atom is -0.436 e. The number of hydrogen-bond acceptors (Lipinski definition) is 10. The van der Waals surface area contributed by atoms with E-state index in [2.05, 4.69) is 10.3 Å². The minimum absolute atomic E-state index is 0.0245. The van der Waals surface area contributed by atoms with Crippen molar-refractivity contribution in [3.63, 3.8) is 0 Å². The van der Waals surface area contributed by atoms with E-state index in [9.17, 15) is 18.0 Å². The highest BCUT2D eigenvalue weighted by molar-refractivity contribution is 7.91. The molecule has 44 heavy (non-hydrogen) atoms. The molecule has 0 radical (unpaired) electrons. The van der Waals surface area contributed by atoms with Gasteiger partial charge in [0.25, 0.3) is 15.9 Å². The van der Waals surface area contributed by atoms with Gasteiger partial charge >= 0.3 is 5.91 Å². The van der Waals surface area contributed by atoms with Gasteiger partial charge in [-0.1, -0.05) is 17.7 Å². The number of ether oxygens (including phenoxy) is 1. The number of sulfonamides is 1. The third-order valence-electron chi connectivity index (χ3n) is 8.32. The Hall–Kier alpha value is -2.59. The lowest BCUT2D eigenvalue weighted by Crippen LogP contribution is -2.58. The second-order valence-corrected chi connectivity index (χ2v) is 15.5. The zero-order valence-corrected chi connectivity index (χ0v) is 27.4. The van der Waals surface area contributed by atoms with Gasteiger partial charge in [-0.05, 0) is 38.5 Å². The zero-order valence-electron chi connectivity index (χ0n) is 25.0. The van der Waals surface area contributed by atoms with Gasteiger partial charge in [0.2, 0.25) is 5.91 Å². The molecule has 2 atom stereocenters. The molecule has 2 amide bonds. The molecule has 2 saturated heterocycles. The predicted molar refractivity (Wildman–Crippen MR) is 166 cm³/mol. The van der Waals surface area contributed by atoms with Crippen molar-refractivity contribution in [1.29, 1.82) is 0 Å². The molecule has 12 nitrogen and oxygen atoms in total. The van der Waals surface area contributed by atoms with Gasteiger partial charge < -0.3 is 29.2 Å². The predicted octanol–water partition coefficient (Wildman–Crippen LogP) is 2.40. The number of nitrogens with zero attached hydrogens (tertiary/aromatic N) is 5. The topological polar surface area (TPSA) is 129 Å². The highest BCUT2D eigenvalue weighted by Crippen LogP contribution is 2.39. The zero-order chi connectivity index (χ0) is 31.2. The molecule has 6 rings (SSSR count). The quantitative estimate of drug-likeness (QED) is 0.405. The van der Waals surface area contributed by atoms with Gasteiger partial charge in [0.05, 0.1) is 31.5 Å². The van der Waals surface area contributed by atoms with Gasteiger partial charge in [0.15, 0.2) is 0 Å². The van der Waals surface area contributed by atoms with Gasteiger partial charge in [0.1, 0.15) is 9.97 Å². The molecular weight excluding hydrogens is 628 g/mol. The minimum atomic E-state index is -3.98. The van der Waals surface area contributed by atoms with Crippen LogP contribution in [-0.2, 0) is 39.1 Å². The van der Waals surface area contributed by atoms with Gasteiger partial charge in [-0.15, -0.1) is 11.3 Å². The fraction of sp³-hybridized carbons (Fsp3) is 0.552. The summed E-state index contributed by atoms with van der Waals surface area (Å²) in [5.41, 5.74) is 1.46. The number of fused-ring (bicyclic) bond motifs is 2. The number of rotatable bonds is 7. The highest BCUT2D eigenvalue weighted by atomic mass is 35.5. The highest BCUT2D eigenvalue weighted by Gasteiger charge is 2.41. The third-order valence-corrected chi connectivity index (χ3v) is 12.2. The molecule has 1 aromatic carbocycles. The Bertz CT molecular complexity index is 1670. The van der Waals surface area contributed by atoms with E-state index < -0.39 is 22.0 Å². The summed E-state index contributed by atoms with van der Waals surface area (Å²) in [6.45, 7) is 4.89. The molecule has 2 fully saturated rings. The number of halogens is 1. The maximum absolute atomic E-state index is 14.3. The summed E-state index contributed by atoms with van der Waals surface area (Å²) < 4.78 is 42.4. The number of hydrogen-bond donors (Lipinski definition) is 1. The van der Waals surface area contributed by atoms with Crippen LogP contribution in [-0.4, -0.2) is 116 Å². The molecule has 5 heterocycles. The van der Waals surface area contributed by atoms with Gasteiger partial charge in [-0.3, -0.25) is 9.59 Å². The third kappa shape index (κ3) is 6.26. The number of thiophene rings is 1. The number of nitrogens with one attached hydrogen (secondary N) is 1. The molecule has 1 N–H and O–H groups in total. The maximum atomic E-state index is 14.3. The molecule has 0 aliphatic carbocycles. The Balaban J connectivity index is 1.31. The van der Waals surface area contributed by atoms with Crippen LogP contribution < -0.4 is 5.32 Å². The summed E-state index contributed by atoms with van der Waals surface area (Å²) >= 11 is 7.45. The van der Waals surface area contributed by atoms with Crippen LogP contribution in [0.4, 0.5) is 0 Å². The molecule has 3 aliphatic heterocycles. The van der Waals surface area contributed by atoms with Crippen LogP contribution in [0.5, 0.6) is 0 Å². The molecule has 0 bridgehead atoms. The van der Waals surface area contributed by atoms with Crippen molar-refractivity contribution in [3.8, 4) is 0 Å². The molecule has 2 unspecified atom stereocenters. The summed E-state index contributed by atoms with van der Waals surface area (Å²) in [6, 6.07) is 4.92. The first-order valence-electron chi connectivity index (χ1n) is 14.8. The number of carbonyl (C=O) groups is 2. The van der Waals surface area contributed by atoms with Crippen molar-refractivity contribution < 1.29 is 27.2 Å². The summed E-state index contributed by atoms with van der Waals surface area (Å²) in [4.78, 5) is 37.0. The van der Waals surface area contributed by atoms with Crippen LogP contribution in [0.3, 0.4) is 0 Å². The van der Waals surface area contributed by atoms with Crippen LogP contribution in [0.15, 0.2) is 26.8 Å². The summed E-state index contributed by atoms with van der Waals surface area (Å²) in [7, 11) is -0.190. The maximum Gasteiger partial charge on any atom is 0.310 e. The van der Waals surface area contributed by atoms with Crippen molar-refractivity contribution in [2.75, 3.05) is 60.0 Å². The summed E-state index contributed by atoms with van der Waals surface area (Å²) in [5, 5.41) is 4.68. The summed E-state index contributed by atoms with van der Waals surface area (Å²) in [5.74, 6) is 0.0196. The number of morpholine rings is 1. The van der Waals surface area contributed by atoms with Crippen LogP contribution in [0.1, 0.15) is 41.0 Å². The number of carbonyl (C=O) groups excluding carboxylic acids is 2. The van der Waals surface area contributed by atoms with E-state index in [4.69, 9.17) is 20.8 Å². The van der Waals surface area contributed by atoms with E-state index in [0.717, 1.165) is 15.8 Å². The molecule has 2 aromatic heterocycles. The Morgan fingerprint density at radius 3 is 2.70 bits per heavy atom. The van der Waals surface area contributed by atoms with Crippen molar-refractivity contribution in [2.24, 2.45) is 0 Å². The number of piperazine rings is 1. The first-order chi connectivity index (χ1) is 21.0. The number of amides is 2. The fourth-order valence-electron chi connectivity index (χ4n) is 6.05.